The lowest BCUT2D eigenvalue weighted by Crippen LogP contribution is -2.28. The minimum atomic E-state index is -3.17. The second kappa shape index (κ2) is 4.61. The molecule has 0 radical (unpaired) electrons. The van der Waals surface area contributed by atoms with Gasteiger partial charge in [-0.25, -0.2) is 13.4 Å². The predicted octanol–water partition coefficient (Wildman–Crippen LogP) is 1.43. The minimum absolute atomic E-state index is 0.331. The Balaban J connectivity index is 2.01. The summed E-state index contributed by atoms with van der Waals surface area (Å²) < 4.78 is 23.1. The Labute approximate surface area is 112 Å². The number of rotatable bonds is 2. The van der Waals surface area contributed by atoms with Gasteiger partial charge in [0.1, 0.15) is 5.82 Å². The molecule has 19 heavy (non-hydrogen) atoms. The number of H-pyrrole nitrogens is 1. The van der Waals surface area contributed by atoms with Gasteiger partial charge in [-0.1, -0.05) is 0 Å². The molecule has 5 nitrogen and oxygen atoms in total. The molecule has 0 saturated carbocycles. The monoisotopic (exact) mass is 279 g/mol. The predicted molar refractivity (Wildman–Crippen MR) is 74.0 cm³/mol. The van der Waals surface area contributed by atoms with Crippen molar-refractivity contribution in [3.8, 4) is 0 Å². The number of sulfone groups is 1. The summed E-state index contributed by atoms with van der Waals surface area (Å²) in [5.41, 5.74) is 1.62. The second-order valence-corrected chi connectivity index (χ2v) is 7.13. The van der Waals surface area contributed by atoms with Crippen LogP contribution in [-0.4, -0.2) is 37.7 Å². The van der Waals surface area contributed by atoms with Crippen LogP contribution < -0.4 is 5.32 Å². The van der Waals surface area contributed by atoms with Crippen molar-refractivity contribution in [2.75, 3.05) is 19.3 Å². The maximum atomic E-state index is 11.5. The van der Waals surface area contributed by atoms with Gasteiger partial charge in [0, 0.05) is 18.7 Å². The lowest BCUT2D eigenvalue weighted by molar-refractivity contribution is 0.449. The Hall–Kier alpha value is -1.40. The van der Waals surface area contributed by atoms with Gasteiger partial charge in [-0.15, -0.1) is 0 Å². The Bertz CT molecular complexity index is 700. The van der Waals surface area contributed by atoms with E-state index in [0.717, 1.165) is 42.8 Å². The summed E-state index contributed by atoms with van der Waals surface area (Å²) in [6.07, 6.45) is 3.48. The second-order valence-electron chi connectivity index (χ2n) is 5.12. The first-order valence-corrected chi connectivity index (χ1v) is 8.33. The van der Waals surface area contributed by atoms with Gasteiger partial charge in [-0.05, 0) is 37.6 Å². The molecule has 1 fully saturated rings. The number of imidazole rings is 1. The van der Waals surface area contributed by atoms with Gasteiger partial charge >= 0.3 is 0 Å². The van der Waals surface area contributed by atoms with Crippen molar-refractivity contribution >= 4 is 20.9 Å². The van der Waals surface area contributed by atoms with Crippen molar-refractivity contribution in [3.63, 3.8) is 0 Å². The van der Waals surface area contributed by atoms with E-state index in [2.05, 4.69) is 15.3 Å². The van der Waals surface area contributed by atoms with Crippen LogP contribution >= 0.6 is 0 Å². The van der Waals surface area contributed by atoms with Crippen molar-refractivity contribution < 1.29 is 8.42 Å². The first kappa shape index (κ1) is 12.6. The van der Waals surface area contributed by atoms with E-state index in [9.17, 15) is 8.42 Å². The summed E-state index contributed by atoms with van der Waals surface area (Å²) in [6, 6.07) is 5.04. The fourth-order valence-corrected chi connectivity index (χ4v) is 3.16. The maximum absolute atomic E-state index is 11.5. The Morgan fingerprint density at radius 2 is 2.21 bits per heavy atom. The van der Waals surface area contributed by atoms with Gasteiger partial charge < -0.3 is 10.3 Å². The molecule has 1 atom stereocenters. The maximum Gasteiger partial charge on any atom is 0.175 e. The van der Waals surface area contributed by atoms with Crippen molar-refractivity contribution in [1.82, 2.24) is 15.3 Å². The molecular weight excluding hydrogens is 262 g/mol. The van der Waals surface area contributed by atoms with Gasteiger partial charge in [-0.3, -0.25) is 0 Å². The minimum Gasteiger partial charge on any atom is -0.342 e. The molecule has 2 heterocycles. The zero-order chi connectivity index (χ0) is 13.5. The summed E-state index contributed by atoms with van der Waals surface area (Å²) in [6.45, 7) is 1.99. The van der Waals surface area contributed by atoms with Crippen molar-refractivity contribution in [3.05, 3.63) is 24.0 Å². The molecule has 2 aromatic rings. The third kappa shape index (κ3) is 2.50. The third-order valence-electron chi connectivity index (χ3n) is 3.58. The number of benzene rings is 1. The van der Waals surface area contributed by atoms with Crippen LogP contribution in [0.4, 0.5) is 0 Å². The number of hydrogen-bond acceptors (Lipinski definition) is 4. The molecule has 3 rings (SSSR count). The Kier molecular flexibility index (Phi) is 3.06. The van der Waals surface area contributed by atoms with Crippen LogP contribution in [0, 0.1) is 0 Å². The normalized spacial score (nSPS) is 20.8. The van der Waals surface area contributed by atoms with Crippen LogP contribution in [0.1, 0.15) is 24.6 Å². The fraction of sp³-hybridized carbons (Fsp3) is 0.462. The zero-order valence-corrected chi connectivity index (χ0v) is 11.6. The fourth-order valence-electron chi connectivity index (χ4n) is 2.52. The Morgan fingerprint density at radius 1 is 1.37 bits per heavy atom. The van der Waals surface area contributed by atoms with Crippen LogP contribution in [0.3, 0.4) is 0 Å². The van der Waals surface area contributed by atoms with Crippen LogP contribution in [0.25, 0.3) is 11.0 Å². The summed E-state index contributed by atoms with van der Waals surface area (Å²) in [7, 11) is -3.17. The van der Waals surface area contributed by atoms with Crippen LogP contribution in [-0.2, 0) is 9.84 Å². The molecule has 0 aliphatic carbocycles. The largest absolute Gasteiger partial charge is 0.342 e. The van der Waals surface area contributed by atoms with E-state index in [4.69, 9.17) is 0 Å². The van der Waals surface area contributed by atoms with Gasteiger partial charge in [0.15, 0.2) is 9.84 Å². The average Bonchev–Trinajstić information content (AvgIpc) is 2.81. The highest BCUT2D eigenvalue weighted by Gasteiger charge is 2.19. The van der Waals surface area contributed by atoms with Crippen LogP contribution in [0.5, 0.6) is 0 Å². The van der Waals surface area contributed by atoms with Crippen molar-refractivity contribution in [2.24, 2.45) is 0 Å². The summed E-state index contributed by atoms with van der Waals surface area (Å²) in [5, 5.41) is 3.36. The molecule has 6 heteroatoms. The number of aromatic amines is 1. The molecule has 1 aliphatic heterocycles. The van der Waals surface area contributed by atoms with E-state index in [1.807, 2.05) is 0 Å². The van der Waals surface area contributed by atoms with E-state index in [1.165, 1.54) is 6.26 Å². The molecule has 2 N–H and O–H groups in total. The molecule has 1 aromatic heterocycles. The molecule has 0 bridgehead atoms. The lowest BCUT2D eigenvalue weighted by atomic mass is 9.99. The van der Waals surface area contributed by atoms with Gasteiger partial charge in [0.05, 0.1) is 15.9 Å². The summed E-state index contributed by atoms with van der Waals surface area (Å²) in [5.74, 6) is 1.34. The smallest absolute Gasteiger partial charge is 0.175 e. The van der Waals surface area contributed by atoms with Crippen molar-refractivity contribution in [2.45, 2.75) is 23.7 Å². The number of hydrogen-bond donors (Lipinski definition) is 2. The molecule has 1 saturated heterocycles. The molecule has 0 spiro atoms. The Morgan fingerprint density at radius 3 is 2.89 bits per heavy atom. The van der Waals surface area contributed by atoms with E-state index in [-0.39, 0.29) is 0 Å². The average molecular weight is 279 g/mol. The van der Waals surface area contributed by atoms with E-state index in [1.54, 1.807) is 18.2 Å². The van der Waals surface area contributed by atoms with Crippen molar-refractivity contribution in [1.29, 1.82) is 0 Å². The van der Waals surface area contributed by atoms with Crippen LogP contribution in [0.2, 0.25) is 0 Å². The molecule has 0 amide bonds. The highest BCUT2D eigenvalue weighted by atomic mass is 32.2. The van der Waals surface area contributed by atoms with E-state index < -0.39 is 9.84 Å². The number of aromatic nitrogens is 2. The standard InChI is InChI=1S/C13H17N3O2S/c1-19(17,18)10-4-5-11-12(7-10)16-13(15-11)9-3-2-6-14-8-9/h4-5,7,9,14H,2-3,6,8H2,1H3,(H,15,16). The molecular formula is C13H17N3O2S. The quantitative estimate of drug-likeness (QED) is 0.872. The van der Waals surface area contributed by atoms with Gasteiger partial charge in [0.2, 0.25) is 0 Å². The topological polar surface area (TPSA) is 74.8 Å². The molecule has 1 aromatic carbocycles. The molecule has 102 valence electrons. The van der Waals surface area contributed by atoms with Gasteiger partial charge in [0.25, 0.3) is 0 Å². The van der Waals surface area contributed by atoms with E-state index in [0.29, 0.717) is 10.8 Å². The molecule has 1 unspecified atom stereocenters. The number of piperidine rings is 1. The zero-order valence-electron chi connectivity index (χ0n) is 10.8. The summed E-state index contributed by atoms with van der Waals surface area (Å²) >= 11 is 0. The summed E-state index contributed by atoms with van der Waals surface area (Å²) in [4.78, 5) is 8.16. The SMILES string of the molecule is CS(=O)(=O)c1ccc2nc(C3CCCNC3)[nH]c2c1. The highest BCUT2D eigenvalue weighted by Crippen LogP contribution is 2.24. The number of fused-ring (bicyclic) bond motifs is 1. The first-order chi connectivity index (χ1) is 9.04. The molecule has 1 aliphatic rings. The first-order valence-electron chi connectivity index (χ1n) is 6.44. The highest BCUT2D eigenvalue weighted by molar-refractivity contribution is 7.90. The van der Waals surface area contributed by atoms with Gasteiger partial charge in [-0.2, -0.15) is 0 Å². The van der Waals surface area contributed by atoms with E-state index >= 15 is 0 Å². The van der Waals surface area contributed by atoms with Crippen LogP contribution in [0.15, 0.2) is 23.1 Å². The number of nitrogens with one attached hydrogen (secondary N) is 2. The third-order valence-corrected chi connectivity index (χ3v) is 4.69. The number of nitrogens with zero attached hydrogens (tertiary/aromatic N) is 1. The lowest BCUT2D eigenvalue weighted by Gasteiger charge is -2.20.